The number of aromatic amines is 1. The first-order valence-electron chi connectivity index (χ1n) is 5.24. The molecule has 1 heterocycles. The van der Waals surface area contributed by atoms with E-state index in [1.54, 1.807) is 0 Å². The Kier molecular flexibility index (Phi) is 2.27. The van der Waals surface area contributed by atoms with E-state index in [2.05, 4.69) is 10.2 Å². The highest BCUT2D eigenvalue weighted by molar-refractivity contribution is 6.30. The number of hydrogen-bond acceptors (Lipinski definition) is 2. The first-order valence-corrected chi connectivity index (χ1v) is 5.62. The number of fused-ring (bicyclic) bond motifs is 1. The van der Waals surface area contributed by atoms with Gasteiger partial charge in [-0.25, -0.2) is 0 Å². The van der Waals surface area contributed by atoms with Crippen molar-refractivity contribution >= 4 is 28.2 Å². The van der Waals surface area contributed by atoms with Gasteiger partial charge in [-0.05, 0) is 18.2 Å². The molecule has 0 amide bonds. The Bertz CT molecular complexity index is 688. The molecule has 0 spiro atoms. The number of hydrogen-bond donors (Lipinski definition) is 2. The van der Waals surface area contributed by atoms with Crippen LogP contribution in [0.1, 0.15) is 0 Å². The van der Waals surface area contributed by atoms with Gasteiger partial charge in [-0.1, -0.05) is 35.9 Å². The van der Waals surface area contributed by atoms with Crippen molar-refractivity contribution < 1.29 is 0 Å². The van der Waals surface area contributed by atoms with Crippen LogP contribution in [0.5, 0.6) is 0 Å². The van der Waals surface area contributed by atoms with E-state index in [4.69, 9.17) is 17.3 Å². The second-order valence-corrected chi connectivity index (χ2v) is 4.29. The minimum absolute atomic E-state index is 0.697. The zero-order valence-corrected chi connectivity index (χ0v) is 9.70. The molecule has 0 saturated heterocycles. The molecule has 3 aromatic rings. The molecule has 2 aromatic carbocycles. The van der Waals surface area contributed by atoms with Gasteiger partial charge in [0.15, 0.2) is 0 Å². The van der Waals surface area contributed by atoms with Gasteiger partial charge in [-0.3, -0.25) is 5.10 Å². The number of nitrogens with one attached hydrogen (secondary N) is 1. The Morgan fingerprint density at radius 3 is 2.76 bits per heavy atom. The Hall–Kier alpha value is -2.00. The SMILES string of the molecule is Nc1cccc2c(-c3cccc(Cl)c3)n[nH]c12. The van der Waals surface area contributed by atoms with Crippen LogP contribution in [-0.2, 0) is 0 Å². The summed E-state index contributed by atoms with van der Waals surface area (Å²) >= 11 is 5.98. The molecule has 0 bridgehead atoms. The number of nitrogens with zero attached hydrogens (tertiary/aromatic N) is 1. The maximum atomic E-state index is 5.98. The fourth-order valence-corrected chi connectivity index (χ4v) is 2.11. The molecule has 0 aliphatic heterocycles. The van der Waals surface area contributed by atoms with Crippen LogP contribution in [0.15, 0.2) is 42.5 Å². The van der Waals surface area contributed by atoms with Crippen molar-refractivity contribution in [2.75, 3.05) is 5.73 Å². The van der Waals surface area contributed by atoms with Gasteiger partial charge in [0.05, 0.1) is 11.2 Å². The minimum atomic E-state index is 0.697. The quantitative estimate of drug-likeness (QED) is 0.643. The summed E-state index contributed by atoms with van der Waals surface area (Å²) in [7, 11) is 0. The summed E-state index contributed by atoms with van der Waals surface area (Å²) in [6.07, 6.45) is 0. The smallest absolute Gasteiger partial charge is 0.100 e. The molecule has 3 nitrogen and oxygen atoms in total. The van der Waals surface area contributed by atoms with Crippen LogP contribution >= 0.6 is 11.6 Å². The van der Waals surface area contributed by atoms with Crippen LogP contribution in [0.2, 0.25) is 5.02 Å². The van der Waals surface area contributed by atoms with E-state index in [0.717, 1.165) is 22.2 Å². The van der Waals surface area contributed by atoms with Gasteiger partial charge >= 0.3 is 0 Å². The molecular formula is C13H10ClN3. The zero-order valence-electron chi connectivity index (χ0n) is 8.94. The van der Waals surface area contributed by atoms with Gasteiger partial charge in [-0.2, -0.15) is 5.10 Å². The van der Waals surface area contributed by atoms with E-state index in [1.807, 2.05) is 42.5 Å². The molecule has 1 aromatic heterocycles. The molecule has 0 fully saturated rings. The summed E-state index contributed by atoms with van der Waals surface area (Å²) < 4.78 is 0. The van der Waals surface area contributed by atoms with Crippen molar-refractivity contribution in [3.8, 4) is 11.3 Å². The Morgan fingerprint density at radius 2 is 1.94 bits per heavy atom. The van der Waals surface area contributed by atoms with E-state index >= 15 is 0 Å². The number of aromatic nitrogens is 2. The van der Waals surface area contributed by atoms with Gasteiger partial charge in [0, 0.05) is 16.0 Å². The van der Waals surface area contributed by atoms with Crippen molar-refractivity contribution in [3.05, 3.63) is 47.5 Å². The molecular weight excluding hydrogens is 234 g/mol. The molecule has 0 saturated carbocycles. The standard InChI is InChI=1S/C13H10ClN3/c14-9-4-1-3-8(7-9)12-10-5-2-6-11(15)13(10)17-16-12/h1-7H,15H2,(H,16,17). The molecule has 0 aliphatic carbocycles. The third kappa shape index (κ3) is 1.65. The second-order valence-electron chi connectivity index (χ2n) is 3.85. The van der Waals surface area contributed by atoms with Gasteiger partial charge in [0.25, 0.3) is 0 Å². The van der Waals surface area contributed by atoms with Crippen LogP contribution in [0.4, 0.5) is 5.69 Å². The zero-order chi connectivity index (χ0) is 11.8. The number of nitrogens with two attached hydrogens (primary N) is 1. The Morgan fingerprint density at radius 1 is 1.12 bits per heavy atom. The van der Waals surface area contributed by atoms with Gasteiger partial charge in [0.1, 0.15) is 5.69 Å². The molecule has 3 rings (SSSR count). The fraction of sp³-hybridized carbons (Fsp3) is 0. The lowest BCUT2D eigenvalue weighted by atomic mass is 10.1. The van der Waals surface area contributed by atoms with Crippen LogP contribution in [-0.4, -0.2) is 10.2 Å². The first-order chi connectivity index (χ1) is 8.25. The lowest BCUT2D eigenvalue weighted by molar-refractivity contribution is 1.12. The predicted octanol–water partition coefficient (Wildman–Crippen LogP) is 3.47. The van der Waals surface area contributed by atoms with Crippen molar-refractivity contribution in [2.45, 2.75) is 0 Å². The number of anilines is 1. The van der Waals surface area contributed by atoms with E-state index in [1.165, 1.54) is 0 Å². The largest absolute Gasteiger partial charge is 0.397 e. The van der Waals surface area contributed by atoms with Gasteiger partial charge in [-0.15, -0.1) is 0 Å². The fourth-order valence-electron chi connectivity index (χ4n) is 1.92. The van der Waals surface area contributed by atoms with Crippen molar-refractivity contribution in [1.82, 2.24) is 10.2 Å². The lowest BCUT2D eigenvalue weighted by Gasteiger charge is -1.99. The van der Waals surface area contributed by atoms with Crippen molar-refractivity contribution in [1.29, 1.82) is 0 Å². The highest BCUT2D eigenvalue weighted by atomic mass is 35.5. The maximum absolute atomic E-state index is 5.98. The number of benzene rings is 2. The first kappa shape index (κ1) is 10.2. The van der Waals surface area contributed by atoms with Crippen molar-refractivity contribution in [3.63, 3.8) is 0 Å². The summed E-state index contributed by atoms with van der Waals surface area (Å²) in [6, 6.07) is 13.4. The van der Waals surface area contributed by atoms with Crippen LogP contribution in [0, 0.1) is 0 Å². The Labute approximate surface area is 103 Å². The molecule has 0 atom stereocenters. The molecule has 3 N–H and O–H groups in total. The number of H-pyrrole nitrogens is 1. The van der Waals surface area contributed by atoms with E-state index < -0.39 is 0 Å². The van der Waals surface area contributed by atoms with E-state index in [0.29, 0.717) is 10.7 Å². The highest BCUT2D eigenvalue weighted by Gasteiger charge is 2.09. The minimum Gasteiger partial charge on any atom is -0.397 e. The predicted molar refractivity (Wildman–Crippen MR) is 71.0 cm³/mol. The van der Waals surface area contributed by atoms with Crippen LogP contribution in [0.3, 0.4) is 0 Å². The summed E-state index contributed by atoms with van der Waals surface area (Å²) in [6.45, 7) is 0. The summed E-state index contributed by atoms with van der Waals surface area (Å²) in [5.41, 5.74) is 9.29. The normalized spacial score (nSPS) is 10.9. The molecule has 17 heavy (non-hydrogen) atoms. The molecule has 0 unspecified atom stereocenters. The van der Waals surface area contributed by atoms with E-state index in [9.17, 15) is 0 Å². The number of halogens is 1. The molecule has 84 valence electrons. The number of nitrogen functional groups attached to an aromatic ring is 1. The molecule has 0 aliphatic rings. The third-order valence-electron chi connectivity index (χ3n) is 2.73. The van der Waals surface area contributed by atoms with Crippen LogP contribution < -0.4 is 5.73 Å². The van der Waals surface area contributed by atoms with Crippen molar-refractivity contribution in [2.24, 2.45) is 0 Å². The van der Waals surface area contributed by atoms with Gasteiger partial charge < -0.3 is 5.73 Å². The van der Waals surface area contributed by atoms with Gasteiger partial charge in [0.2, 0.25) is 0 Å². The lowest BCUT2D eigenvalue weighted by Crippen LogP contribution is -1.84. The molecule has 4 heteroatoms. The second kappa shape index (κ2) is 3.79. The third-order valence-corrected chi connectivity index (χ3v) is 2.96. The highest BCUT2D eigenvalue weighted by Crippen LogP contribution is 2.30. The van der Waals surface area contributed by atoms with E-state index in [-0.39, 0.29) is 0 Å². The molecule has 0 radical (unpaired) electrons. The summed E-state index contributed by atoms with van der Waals surface area (Å²) in [4.78, 5) is 0. The maximum Gasteiger partial charge on any atom is 0.100 e. The number of para-hydroxylation sites is 1. The number of rotatable bonds is 1. The summed E-state index contributed by atoms with van der Waals surface area (Å²) in [5, 5.41) is 8.96. The topological polar surface area (TPSA) is 54.7 Å². The average molecular weight is 244 g/mol. The summed E-state index contributed by atoms with van der Waals surface area (Å²) in [5.74, 6) is 0. The van der Waals surface area contributed by atoms with Crippen LogP contribution in [0.25, 0.3) is 22.2 Å². The monoisotopic (exact) mass is 243 g/mol. The Balaban J connectivity index is 2.28. The average Bonchev–Trinajstić information content (AvgIpc) is 2.74.